The fourth-order valence-corrected chi connectivity index (χ4v) is 3.02. The zero-order valence-corrected chi connectivity index (χ0v) is 17.4. The second kappa shape index (κ2) is 9.55. The van der Waals surface area contributed by atoms with Crippen LogP contribution in [0.1, 0.15) is 41.4 Å². The monoisotopic (exact) mass is 422 g/mol. The van der Waals surface area contributed by atoms with Crippen LogP contribution in [0.25, 0.3) is 0 Å². The van der Waals surface area contributed by atoms with Gasteiger partial charge in [-0.2, -0.15) is 4.98 Å². The van der Waals surface area contributed by atoms with Gasteiger partial charge in [0, 0.05) is 17.3 Å². The fourth-order valence-electron chi connectivity index (χ4n) is 3.02. The van der Waals surface area contributed by atoms with Crippen LogP contribution in [0.2, 0.25) is 0 Å². The lowest BCUT2D eigenvalue weighted by atomic mass is 9.86. The minimum absolute atomic E-state index is 0.0298. The molecule has 3 rings (SSSR count). The third kappa shape index (κ3) is 5.36. The van der Waals surface area contributed by atoms with Gasteiger partial charge in [0.05, 0.1) is 19.3 Å². The third-order valence-electron chi connectivity index (χ3n) is 5.03. The lowest BCUT2D eigenvalue weighted by Crippen LogP contribution is -2.21. The summed E-state index contributed by atoms with van der Waals surface area (Å²) in [7, 11) is 0. The molecular formula is C23H26N4O4. The summed E-state index contributed by atoms with van der Waals surface area (Å²) < 4.78 is 0. The molecule has 1 aromatic heterocycles. The molecule has 0 fully saturated rings. The number of hydrogen-bond acceptors (Lipinski definition) is 7. The van der Waals surface area contributed by atoms with E-state index in [0.29, 0.717) is 5.69 Å². The zero-order chi connectivity index (χ0) is 22.4. The number of rotatable bonds is 9. The van der Waals surface area contributed by atoms with Gasteiger partial charge in [-0.1, -0.05) is 56.3 Å². The number of anilines is 3. The molecule has 0 bridgehead atoms. The van der Waals surface area contributed by atoms with E-state index in [-0.39, 0.29) is 36.0 Å². The van der Waals surface area contributed by atoms with E-state index < -0.39 is 12.0 Å². The van der Waals surface area contributed by atoms with Gasteiger partial charge >= 0.3 is 5.97 Å². The van der Waals surface area contributed by atoms with E-state index in [1.807, 2.05) is 68.4 Å². The molecule has 0 saturated carbocycles. The Morgan fingerprint density at radius 2 is 1.74 bits per heavy atom. The fraction of sp³-hybridized carbons (Fsp3) is 0.261. The van der Waals surface area contributed by atoms with E-state index >= 15 is 0 Å². The summed E-state index contributed by atoms with van der Waals surface area (Å²) in [4.78, 5) is 20.1. The Kier molecular flexibility index (Phi) is 6.84. The maximum Gasteiger partial charge on any atom is 0.341 e. The van der Waals surface area contributed by atoms with Crippen molar-refractivity contribution in [3.63, 3.8) is 0 Å². The highest BCUT2D eigenvalue weighted by molar-refractivity contribution is 5.93. The standard InChI is InChI=1S/C23H26N4O4/c1-23(2,14-29)16-8-10-17(11-9-16)25-22-24-12-18(21(30)31)20(27-22)26-19(13-28)15-6-4-3-5-7-15/h3-12,19,28-29H,13-14H2,1-2H3,(H,30,31)(H2,24,25,26,27)/t19-/m1/s1. The molecule has 1 atom stereocenters. The molecule has 0 saturated heterocycles. The van der Waals surface area contributed by atoms with Crippen molar-refractivity contribution in [2.24, 2.45) is 0 Å². The van der Waals surface area contributed by atoms with Crippen LogP contribution in [0.4, 0.5) is 17.5 Å². The number of carboxylic acids is 1. The number of carboxylic acid groups (broad SMARTS) is 1. The minimum Gasteiger partial charge on any atom is -0.477 e. The van der Waals surface area contributed by atoms with E-state index in [1.165, 1.54) is 6.20 Å². The predicted octanol–water partition coefficient (Wildman–Crippen LogP) is 3.33. The number of aromatic nitrogens is 2. The molecule has 0 spiro atoms. The van der Waals surface area contributed by atoms with Crippen molar-refractivity contribution in [3.05, 3.63) is 77.5 Å². The Morgan fingerprint density at radius 3 is 2.32 bits per heavy atom. The van der Waals surface area contributed by atoms with E-state index in [9.17, 15) is 20.1 Å². The molecule has 8 heteroatoms. The summed E-state index contributed by atoms with van der Waals surface area (Å²) in [6.07, 6.45) is 1.22. The van der Waals surface area contributed by atoms with Crippen LogP contribution in [-0.2, 0) is 5.41 Å². The summed E-state index contributed by atoms with van der Waals surface area (Å²) in [5, 5.41) is 34.9. The average molecular weight is 422 g/mol. The van der Waals surface area contributed by atoms with Crippen LogP contribution in [-0.4, -0.2) is 44.5 Å². The molecule has 0 aliphatic rings. The maximum absolute atomic E-state index is 11.6. The molecule has 0 aliphatic heterocycles. The van der Waals surface area contributed by atoms with E-state index in [0.717, 1.165) is 11.1 Å². The summed E-state index contributed by atoms with van der Waals surface area (Å²) in [5.41, 5.74) is 2.05. The van der Waals surface area contributed by atoms with Gasteiger partial charge in [-0.15, -0.1) is 0 Å². The lowest BCUT2D eigenvalue weighted by molar-refractivity contribution is 0.0697. The molecule has 3 aromatic rings. The van der Waals surface area contributed by atoms with Crippen molar-refractivity contribution in [1.29, 1.82) is 0 Å². The molecule has 0 amide bonds. The maximum atomic E-state index is 11.6. The smallest absolute Gasteiger partial charge is 0.341 e. The Bertz CT molecular complexity index is 1020. The summed E-state index contributed by atoms with van der Waals surface area (Å²) in [5.74, 6) is -0.855. The second-order valence-electron chi connectivity index (χ2n) is 7.80. The van der Waals surface area contributed by atoms with Gasteiger partial charge in [0.1, 0.15) is 11.4 Å². The molecule has 0 unspecified atom stereocenters. The number of nitrogens with one attached hydrogen (secondary N) is 2. The first-order valence-electron chi connectivity index (χ1n) is 9.85. The van der Waals surface area contributed by atoms with Crippen molar-refractivity contribution in [2.45, 2.75) is 25.3 Å². The quantitative estimate of drug-likeness (QED) is 0.355. The average Bonchev–Trinajstić information content (AvgIpc) is 2.78. The third-order valence-corrected chi connectivity index (χ3v) is 5.03. The second-order valence-corrected chi connectivity index (χ2v) is 7.80. The van der Waals surface area contributed by atoms with Gasteiger partial charge < -0.3 is 26.0 Å². The van der Waals surface area contributed by atoms with Crippen molar-refractivity contribution >= 4 is 23.4 Å². The first kappa shape index (κ1) is 22.2. The van der Waals surface area contributed by atoms with Gasteiger partial charge in [-0.3, -0.25) is 0 Å². The van der Waals surface area contributed by atoms with Crippen LogP contribution in [0, 0.1) is 0 Å². The Labute approximate surface area is 180 Å². The zero-order valence-electron chi connectivity index (χ0n) is 17.4. The number of hydrogen-bond donors (Lipinski definition) is 5. The number of aliphatic hydroxyl groups excluding tert-OH is 2. The van der Waals surface area contributed by atoms with Crippen molar-refractivity contribution in [1.82, 2.24) is 9.97 Å². The number of carbonyl (C=O) groups is 1. The molecule has 0 aliphatic carbocycles. The first-order valence-corrected chi connectivity index (χ1v) is 9.85. The predicted molar refractivity (Wildman–Crippen MR) is 119 cm³/mol. The topological polar surface area (TPSA) is 128 Å². The van der Waals surface area contributed by atoms with Gasteiger partial charge in [0.25, 0.3) is 0 Å². The van der Waals surface area contributed by atoms with E-state index in [2.05, 4.69) is 20.6 Å². The lowest BCUT2D eigenvalue weighted by Gasteiger charge is -2.22. The van der Waals surface area contributed by atoms with Crippen LogP contribution < -0.4 is 10.6 Å². The first-order chi connectivity index (χ1) is 14.8. The summed E-state index contributed by atoms with van der Waals surface area (Å²) >= 11 is 0. The van der Waals surface area contributed by atoms with Crippen LogP contribution in [0.15, 0.2) is 60.8 Å². The molecule has 31 heavy (non-hydrogen) atoms. The van der Waals surface area contributed by atoms with Crippen LogP contribution in [0.3, 0.4) is 0 Å². The molecule has 0 radical (unpaired) electrons. The highest BCUT2D eigenvalue weighted by Crippen LogP contribution is 2.26. The highest BCUT2D eigenvalue weighted by atomic mass is 16.4. The number of nitrogens with zero attached hydrogens (tertiary/aromatic N) is 2. The number of aromatic carboxylic acids is 1. The van der Waals surface area contributed by atoms with E-state index in [4.69, 9.17) is 0 Å². The summed E-state index contributed by atoms with van der Waals surface area (Å²) in [6.45, 7) is 3.69. The molecular weight excluding hydrogens is 396 g/mol. The van der Waals surface area contributed by atoms with E-state index in [1.54, 1.807) is 0 Å². The SMILES string of the molecule is CC(C)(CO)c1ccc(Nc2ncc(C(=O)O)c(N[C@H](CO)c3ccccc3)n2)cc1. The summed E-state index contributed by atoms with van der Waals surface area (Å²) in [6, 6.07) is 16.2. The van der Waals surface area contributed by atoms with Crippen LogP contribution >= 0.6 is 0 Å². The van der Waals surface area contributed by atoms with Crippen LogP contribution in [0.5, 0.6) is 0 Å². The van der Waals surface area contributed by atoms with Crippen molar-refractivity contribution in [2.75, 3.05) is 23.8 Å². The molecule has 8 nitrogen and oxygen atoms in total. The normalized spacial score (nSPS) is 12.3. The Morgan fingerprint density at radius 1 is 1.06 bits per heavy atom. The highest BCUT2D eigenvalue weighted by Gasteiger charge is 2.20. The van der Waals surface area contributed by atoms with Gasteiger partial charge in [-0.05, 0) is 23.3 Å². The Hall–Kier alpha value is -3.49. The van der Waals surface area contributed by atoms with Gasteiger partial charge in [-0.25, -0.2) is 9.78 Å². The van der Waals surface area contributed by atoms with Gasteiger partial charge in [0.15, 0.2) is 0 Å². The molecule has 1 heterocycles. The number of aliphatic hydroxyl groups is 2. The van der Waals surface area contributed by atoms with Crippen molar-refractivity contribution in [3.8, 4) is 0 Å². The largest absolute Gasteiger partial charge is 0.477 e. The van der Waals surface area contributed by atoms with Crippen molar-refractivity contribution < 1.29 is 20.1 Å². The Balaban J connectivity index is 1.85. The molecule has 162 valence electrons. The van der Waals surface area contributed by atoms with Gasteiger partial charge in [0.2, 0.25) is 5.95 Å². The molecule has 5 N–H and O–H groups in total. The number of benzene rings is 2. The molecule has 2 aromatic carbocycles. The minimum atomic E-state index is -1.17.